The second kappa shape index (κ2) is 8.71. The minimum Gasteiger partial charge on any atom is -0.480 e. The predicted molar refractivity (Wildman–Crippen MR) is 70.4 cm³/mol. The van der Waals surface area contributed by atoms with Gasteiger partial charge in [0.2, 0.25) is 5.91 Å². The molecule has 0 aliphatic carbocycles. The van der Waals surface area contributed by atoms with E-state index in [9.17, 15) is 14.4 Å². The van der Waals surface area contributed by atoms with E-state index in [0.717, 1.165) is 0 Å². The standard InChI is InChI=1S/C11H18N2O4S/c1-3-4-18-6-8(12)10(15)13-9(11(16)17)5-7(2)14/h3,8-9H,1,4-6,12H2,2H3,(H,13,15)(H,16,17)/t8?,9-/m0/s1. The topological polar surface area (TPSA) is 109 Å². The molecule has 1 unspecified atom stereocenters. The Morgan fingerprint density at radius 2 is 2.11 bits per heavy atom. The van der Waals surface area contributed by atoms with Gasteiger partial charge in [0.15, 0.2) is 0 Å². The Hall–Kier alpha value is -1.34. The van der Waals surface area contributed by atoms with Crippen molar-refractivity contribution in [1.29, 1.82) is 0 Å². The molecule has 0 aliphatic heterocycles. The van der Waals surface area contributed by atoms with E-state index >= 15 is 0 Å². The van der Waals surface area contributed by atoms with Crippen molar-refractivity contribution in [3.8, 4) is 0 Å². The minimum atomic E-state index is -1.25. The van der Waals surface area contributed by atoms with Crippen LogP contribution in [-0.2, 0) is 14.4 Å². The number of thioether (sulfide) groups is 1. The van der Waals surface area contributed by atoms with Crippen molar-refractivity contribution < 1.29 is 19.5 Å². The number of hydrogen-bond acceptors (Lipinski definition) is 5. The highest BCUT2D eigenvalue weighted by Crippen LogP contribution is 2.02. The van der Waals surface area contributed by atoms with Gasteiger partial charge in [-0.3, -0.25) is 9.59 Å². The number of aliphatic carboxylic acids is 1. The van der Waals surface area contributed by atoms with Crippen molar-refractivity contribution in [1.82, 2.24) is 5.32 Å². The normalized spacial score (nSPS) is 13.4. The zero-order valence-corrected chi connectivity index (χ0v) is 11.0. The Morgan fingerprint density at radius 1 is 1.50 bits per heavy atom. The minimum absolute atomic E-state index is 0.242. The molecule has 0 aromatic heterocycles. The maximum atomic E-state index is 11.6. The van der Waals surface area contributed by atoms with E-state index in [1.807, 2.05) is 0 Å². The number of carboxylic acids is 1. The summed E-state index contributed by atoms with van der Waals surface area (Å²) in [5, 5.41) is 11.1. The van der Waals surface area contributed by atoms with Crippen LogP contribution in [0.2, 0.25) is 0 Å². The summed E-state index contributed by atoms with van der Waals surface area (Å²) in [5.74, 6) is -1.09. The maximum Gasteiger partial charge on any atom is 0.326 e. The fourth-order valence-corrected chi connectivity index (χ4v) is 1.83. The summed E-state index contributed by atoms with van der Waals surface area (Å²) in [6, 6.07) is -2.02. The number of carbonyl (C=O) groups is 3. The van der Waals surface area contributed by atoms with Crippen LogP contribution in [0.3, 0.4) is 0 Å². The molecule has 0 aromatic carbocycles. The summed E-state index contributed by atoms with van der Waals surface area (Å²) < 4.78 is 0. The lowest BCUT2D eigenvalue weighted by Gasteiger charge is -2.16. The summed E-state index contributed by atoms with van der Waals surface area (Å²) in [4.78, 5) is 33.3. The van der Waals surface area contributed by atoms with Gasteiger partial charge in [-0.15, -0.1) is 6.58 Å². The summed E-state index contributed by atoms with van der Waals surface area (Å²) in [5.41, 5.74) is 5.59. The van der Waals surface area contributed by atoms with Crippen LogP contribution in [0.5, 0.6) is 0 Å². The summed E-state index contributed by atoms with van der Waals surface area (Å²) in [7, 11) is 0. The number of amides is 1. The number of hydrogen-bond donors (Lipinski definition) is 3. The van der Waals surface area contributed by atoms with Crippen molar-refractivity contribution in [3.05, 3.63) is 12.7 Å². The van der Waals surface area contributed by atoms with Gasteiger partial charge in [0.25, 0.3) is 0 Å². The second-order valence-corrected chi connectivity index (χ2v) is 4.81. The Morgan fingerprint density at radius 3 is 2.56 bits per heavy atom. The van der Waals surface area contributed by atoms with Crippen molar-refractivity contribution >= 4 is 29.4 Å². The van der Waals surface area contributed by atoms with E-state index in [2.05, 4.69) is 11.9 Å². The number of Topliss-reactive ketones (excluding diaryl/α,β-unsaturated/α-hetero) is 1. The van der Waals surface area contributed by atoms with Gasteiger partial charge in [0, 0.05) is 17.9 Å². The van der Waals surface area contributed by atoms with Crippen LogP contribution in [0.15, 0.2) is 12.7 Å². The molecule has 1 amide bonds. The van der Waals surface area contributed by atoms with Crippen LogP contribution in [-0.4, -0.2) is 46.4 Å². The third-order valence-corrected chi connectivity index (χ3v) is 3.04. The lowest BCUT2D eigenvalue weighted by atomic mass is 10.1. The van der Waals surface area contributed by atoms with Gasteiger partial charge in [-0.05, 0) is 6.92 Å². The highest BCUT2D eigenvalue weighted by atomic mass is 32.2. The Balaban J connectivity index is 4.27. The number of carboxylic acid groups (broad SMARTS) is 1. The number of carbonyl (C=O) groups excluding carboxylic acids is 2. The molecule has 4 N–H and O–H groups in total. The first kappa shape index (κ1) is 16.7. The molecule has 0 heterocycles. The molecular weight excluding hydrogens is 256 g/mol. The van der Waals surface area contributed by atoms with Crippen LogP contribution < -0.4 is 11.1 Å². The number of nitrogens with one attached hydrogen (secondary N) is 1. The zero-order valence-electron chi connectivity index (χ0n) is 10.2. The average Bonchev–Trinajstić information content (AvgIpc) is 2.27. The third kappa shape index (κ3) is 7.08. The molecule has 6 nitrogen and oxygen atoms in total. The van der Waals surface area contributed by atoms with Gasteiger partial charge in [-0.2, -0.15) is 11.8 Å². The van der Waals surface area contributed by atoms with Gasteiger partial charge < -0.3 is 16.2 Å². The van der Waals surface area contributed by atoms with Gasteiger partial charge in [-0.25, -0.2) is 4.79 Å². The van der Waals surface area contributed by atoms with Crippen molar-refractivity contribution in [3.63, 3.8) is 0 Å². The van der Waals surface area contributed by atoms with Crippen LogP contribution in [0.25, 0.3) is 0 Å². The highest BCUT2D eigenvalue weighted by molar-refractivity contribution is 7.99. The van der Waals surface area contributed by atoms with E-state index in [0.29, 0.717) is 11.5 Å². The van der Waals surface area contributed by atoms with Crippen molar-refractivity contribution in [2.75, 3.05) is 11.5 Å². The van der Waals surface area contributed by atoms with Gasteiger partial charge >= 0.3 is 5.97 Å². The van der Waals surface area contributed by atoms with Crippen LogP contribution in [0.1, 0.15) is 13.3 Å². The highest BCUT2D eigenvalue weighted by Gasteiger charge is 2.24. The molecule has 0 aromatic rings. The van der Waals surface area contributed by atoms with E-state index in [-0.39, 0.29) is 12.2 Å². The van der Waals surface area contributed by atoms with E-state index < -0.39 is 24.0 Å². The zero-order chi connectivity index (χ0) is 14.1. The molecule has 0 fully saturated rings. The van der Waals surface area contributed by atoms with E-state index in [1.165, 1.54) is 18.7 Å². The molecule has 0 aliphatic rings. The summed E-state index contributed by atoms with van der Waals surface area (Å²) in [6.45, 7) is 4.80. The first-order valence-electron chi connectivity index (χ1n) is 5.35. The third-order valence-electron chi connectivity index (χ3n) is 1.98. The summed E-state index contributed by atoms with van der Waals surface area (Å²) >= 11 is 1.42. The number of ketones is 1. The molecule has 7 heteroatoms. The van der Waals surface area contributed by atoms with E-state index in [4.69, 9.17) is 10.8 Å². The van der Waals surface area contributed by atoms with Gasteiger partial charge in [0.05, 0.1) is 6.04 Å². The van der Waals surface area contributed by atoms with E-state index in [1.54, 1.807) is 6.08 Å². The predicted octanol–water partition coefficient (Wildman–Crippen LogP) is -0.219. The molecule has 0 spiro atoms. The molecule has 0 rings (SSSR count). The SMILES string of the molecule is C=CCSCC(N)C(=O)N[C@@H](CC(C)=O)C(=O)O. The Bertz CT molecular complexity index is 333. The molecule has 18 heavy (non-hydrogen) atoms. The monoisotopic (exact) mass is 274 g/mol. The lowest BCUT2D eigenvalue weighted by molar-refractivity contribution is -0.143. The molecule has 0 radical (unpaired) electrons. The molecule has 2 atom stereocenters. The molecule has 0 saturated carbocycles. The first-order chi connectivity index (χ1) is 8.38. The van der Waals surface area contributed by atoms with Crippen LogP contribution >= 0.6 is 11.8 Å². The largest absolute Gasteiger partial charge is 0.480 e. The van der Waals surface area contributed by atoms with Crippen molar-refractivity contribution in [2.24, 2.45) is 5.73 Å². The maximum absolute atomic E-state index is 11.6. The number of rotatable bonds is 9. The molecular formula is C11H18N2O4S. The smallest absolute Gasteiger partial charge is 0.326 e. The summed E-state index contributed by atoms with van der Waals surface area (Å²) in [6.07, 6.45) is 1.44. The molecule has 102 valence electrons. The van der Waals surface area contributed by atoms with Crippen molar-refractivity contribution in [2.45, 2.75) is 25.4 Å². The Kier molecular flexibility index (Phi) is 8.06. The molecule has 0 saturated heterocycles. The fourth-order valence-electron chi connectivity index (χ4n) is 1.12. The molecule has 0 bridgehead atoms. The van der Waals surface area contributed by atoms with Crippen LogP contribution in [0, 0.1) is 0 Å². The fraction of sp³-hybridized carbons (Fsp3) is 0.545. The van der Waals surface area contributed by atoms with Gasteiger partial charge in [0.1, 0.15) is 11.8 Å². The van der Waals surface area contributed by atoms with Crippen LogP contribution in [0.4, 0.5) is 0 Å². The first-order valence-corrected chi connectivity index (χ1v) is 6.50. The average molecular weight is 274 g/mol. The lowest BCUT2D eigenvalue weighted by Crippen LogP contribution is -2.50. The Labute approximate surface area is 110 Å². The number of nitrogens with two attached hydrogens (primary N) is 1. The quantitative estimate of drug-likeness (QED) is 0.396. The second-order valence-electron chi connectivity index (χ2n) is 3.74. The van der Waals surface area contributed by atoms with Gasteiger partial charge in [-0.1, -0.05) is 6.08 Å².